The molecule has 0 fully saturated rings. The van der Waals surface area contributed by atoms with Crippen molar-refractivity contribution in [3.05, 3.63) is 54.0 Å². The minimum Gasteiger partial charge on any atom is -0.469 e. The summed E-state index contributed by atoms with van der Waals surface area (Å²) in [6.07, 6.45) is 2.63. The predicted octanol–water partition coefficient (Wildman–Crippen LogP) is 4.16. The molecular formula is C18H26N2O. The minimum atomic E-state index is 0.342. The molecule has 0 saturated heterocycles. The molecule has 3 nitrogen and oxygen atoms in total. The Morgan fingerprint density at radius 1 is 1.10 bits per heavy atom. The number of furan rings is 1. The molecule has 1 heterocycles. The van der Waals surface area contributed by atoms with Crippen molar-refractivity contribution in [3.8, 4) is 0 Å². The monoisotopic (exact) mass is 286 g/mol. The van der Waals surface area contributed by atoms with Gasteiger partial charge in [-0.1, -0.05) is 32.0 Å². The molecule has 1 aromatic carbocycles. The molecule has 1 N–H and O–H groups in total. The summed E-state index contributed by atoms with van der Waals surface area (Å²) in [5.74, 6) is 1.02. The highest BCUT2D eigenvalue weighted by atomic mass is 16.3. The Labute approximate surface area is 128 Å². The number of rotatable bonds is 8. The lowest BCUT2D eigenvalue weighted by Crippen LogP contribution is -2.24. The van der Waals surface area contributed by atoms with Crippen molar-refractivity contribution in [2.75, 3.05) is 18.4 Å². The Balaban J connectivity index is 2.02. The van der Waals surface area contributed by atoms with Crippen molar-refractivity contribution in [1.82, 2.24) is 4.90 Å². The number of hydrogen-bond donors (Lipinski definition) is 1. The predicted molar refractivity (Wildman–Crippen MR) is 88.6 cm³/mol. The van der Waals surface area contributed by atoms with Crippen LogP contribution in [0.25, 0.3) is 0 Å². The van der Waals surface area contributed by atoms with Crippen LogP contribution in [0.1, 0.15) is 32.1 Å². The molecule has 0 bridgehead atoms. The van der Waals surface area contributed by atoms with E-state index in [0.29, 0.717) is 6.04 Å². The molecule has 0 radical (unpaired) electrons. The van der Waals surface area contributed by atoms with Crippen molar-refractivity contribution in [3.63, 3.8) is 0 Å². The van der Waals surface area contributed by atoms with Gasteiger partial charge in [0, 0.05) is 24.7 Å². The lowest BCUT2D eigenvalue weighted by Gasteiger charge is -2.22. The van der Waals surface area contributed by atoms with Gasteiger partial charge in [0.05, 0.1) is 6.26 Å². The van der Waals surface area contributed by atoms with Gasteiger partial charge in [-0.2, -0.15) is 0 Å². The number of nitrogens with one attached hydrogen (secondary N) is 1. The summed E-state index contributed by atoms with van der Waals surface area (Å²) in [5, 5.41) is 3.62. The molecule has 0 amide bonds. The van der Waals surface area contributed by atoms with E-state index in [4.69, 9.17) is 4.42 Å². The van der Waals surface area contributed by atoms with E-state index in [0.717, 1.165) is 31.8 Å². The first-order valence-electron chi connectivity index (χ1n) is 7.82. The van der Waals surface area contributed by atoms with Gasteiger partial charge in [0.1, 0.15) is 5.76 Å². The van der Waals surface area contributed by atoms with E-state index in [1.54, 1.807) is 6.26 Å². The van der Waals surface area contributed by atoms with Gasteiger partial charge in [0.15, 0.2) is 0 Å². The van der Waals surface area contributed by atoms with E-state index in [1.807, 2.05) is 12.1 Å². The molecule has 114 valence electrons. The van der Waals surface area contributed by atoms with E-state index in [9.17, 15) is 0 Å². The van der Waals surface area contributed by atoms with Gasteiger partial charge >= 0.3 is 0 Å². The number of anilines is 1. The molecule has 1 aromatic heterocycles. The fraction of sp³-hybridized carbons (Fsp3) is 0.444. The van der Waals surface area contributed by atoms with Crippen LogP contribution in [-0.2, 0) is 13.0 Å². The van der Waals surface area contributed by atoms with Gasteiger partial charge in [-0.3, -0.25) is 4.90 Å². The first-order valence-corrected chi connectivity index (χ1v) is 7.82. The third-order valence-corrected chi connectivity index (χ3v) is 3.80. The molecule has 0 aliphatic rings. The van der Waals surface area contributed by atoms with E-state index >= 15 is 0 Å². The first kappa shape index (κ1) is 15.6. The van der Waals surface area contributed by atoms with E-state index in [-0.39, 0.29) is 0 Å². The summed E-state index contributed by atoms with van der Waals surface area (Å²) in [4.78, 5) is 2.43. The second-order valence-electron chi connectivity index (χ2n) is 5.45. The zero-order valence-corrected chi connectivity index (χ0v) is 13.3. The molecule has 0 aliphatic carbocycles. The van der Waals surface area contributed by atoms with E-state index < -0.39 is 0 Å². The maximum absolute atomic E-state index is 5.42. The number of nitrogens with zero attached hydrogens (tertiary/aromatic N) is 1. The zero-order chi connectivity index (χ0) is 15.1. The van der Waals surface area contributed by atoms with Crippen molar-refractivity contribution in [2.24, 2.45) is 0 Å². The fourth-order valence-electron chi connectivity index (χ4n) is 2.53. The molecule has 1 unspecified atom stereocenters. The Bertz CT molecular complexity index is 518. The molecule has 21 heavy (non-hydrogen) atoms. The topological polar surface area (TPSA) is 28.4 Å². The van der Waals surface area contributed by atoms with E-state index in [2.05, 4.69) is 55.3 Å². The van der Waals surface area contributed by atoms with Crippen LogP contribution in [0.2, 0.25) is 0 Å². The lowest BCUT2D eigenvalue weighted by molar-refractivity contribution is 0.296. The molecule has 0 aliphatic heterocycles. The smallest absolute Gasteiger partial charge is 0.105 e. The molecular weight excluding hydrogens is 260 g/mol. The van der Waals surface area contributed by atoms with E-state index in [1.165, 1.54) is 11.3 Å². The fourth-order valence-corrected chi connectivity index (χ4v) is 2.53. The summed E-state index contributed by atoms with van der Waals surface area (Å²) in [7, 11) is 0. The van der Waals surface area contributed by atoms with Crippen LogP contribution in [0.5, 0.6) is 0 Å². The van der Waals surface area contributed by atoms with Gasteiger partial charge < -0.3 is 9.73 Å². The van der Waals surface area contributed by atoms with Gasteiger partial charge in [-0.25, -0.2) is 0 Å². The third-order valence-electron chi connectivity index (χ3n) is 3.80. The van der Waals surface area contributed by atoms with Crippen molar-refractivity contribution >= 4 is 5.69 Å². The molecule has 3 heteroatoms. The van der Waals surface area contributed by atoms with Crippen LogP contribution in [0.15, 0.2) is 47.1 Å². The summed E-state index contributed by atoms with van der Waals surface area (Å²) in [6.45, 7) is 9.75. The Morgan fingerprint density at radius 2 is 1.86 bits per heavy atom. The molecule has 1 atom stereocenters. The Kier molecular flexibility index (Phi) is 5.88. The highest BCUT2D eigenvalue weighted by Gasteiger charge is 2.10. The van der Waals surface area contributed by atoms with Crippen molar-refractivity contribution in [1.29, 1.82) is 0 Å². The Morgan fingerprint density at radius 3 is 2.52 bits per heavy atom. The highest BCUT2D eigenvalue weighted by molar-refractivity contribution is 5.51. The van der Waals surface area contributed by atoms with Gasteiger partial charge in [-0.15, -0.1) is 0 Å². The highest BCUT2D eigenvalue weighted by Crippen LogP contribution is 2.19. The largest absolute Gasteiger partial charge is 0.469 e. The maximum Gasteiger partial charge on any atom is 0.105 e. The number of benzene rings is 1. The molecule has 0 spiro atoms. The van der Waals surface area contributed by atoms with Crippen LogP contribution in [0.4, 0.5) is 5.69 Å². The summed E-state index contributed by atoms with van der Waals surface area (Å²) in [6, 6.07) is 12.9. The van der Waals surface area contributed by atoms with Gasteiger partial charge in [0.25, 0.3) is 0 Å². The normalized spacial score (nSPS) is 12.6. The second-order valence-corrected chi connectivity index (χ2v) is 5.45. The standard InChI is InChI=1S/C18H26N2O/c1-4-20(5-2)14-16-9-6-7-11-18(16)19-15(3)13-17-10-8-12-21-17/h6-12,15,19H,4-5,13-14H2,1-3H3. The maximum atomic E-state index is 5.42. The van der Waals surface area contributed by atoms with Gasteiger partial charge in [0.2, 0.25) is 0 Å². The summed E-state index contributed by atoms with van der Waals surface area (Å²) in [5.41, 5.74) is 2.58. The summed E-state index contributed by atoms with van der Waals surface area (Å²) >= 11 is 0. The zero-order valence-electron chi connectivity index (χ0n) is 13.3. The lowest BCUT2D eigenvalue weighted by atomic mass is 10.1. The average Bonchev–Trinajstić information content (AvgIpc) is 2.99. The van der Waals surface area contributed by atoms with Crippen LogP contribution < -0.4 is 5.32 Å². The second kappa shape index (κ2) is 7.89. The van der Waals surface area contributed by atoms with Crippen LogP contribution >= 0.6 is 0 Å². The van der Waals surface area contributed by atoms with Crippen molar-refractivity contribution < 1.29 is 4.42 Å². The first-order chi connectivity index (χ1) is 10.2. The number of para-hydroxylation sites is 1. The number of hydrogen-bond acceptors (Lipinski definition) is 3. The molecule has 0 saturated carbocycles. The summed E-state index contributed by atoms with van der Waals surface area (Å²) < 4.78 is 5.42. The van der Waals surface area contributed by atoms with Crippen LogP contribution in [-0.4, -0.2) is 24.0 Å². The van der Waals surface area contributed by atoms with Crippen molar-refractivity contribution in [2.45, 2.75) is 39.8 Å². The molecule has 2 rings (SSSR count). The van der Waals surface area contributed by atoms with Crippen LogP contribution in [0.3, 0.4) is 0 Å². The van der Waals surface area contributed by atoms with Gasteiger partial charge in [-0.05, 0) is 43.8 Å². The SMILES string of the molecule is CCN(CC)Cc1ccccc1NC(C)Cc1ccco1. The Hall–Kier alpha value is -1.74. The molecule has 2 aromatic rings. The quantitative estimate of drug-likeness (QED) is 0.789. The minimum absolute atomic E-state index is 0.342. The average molecular weight is 286 g/mol. The van der Waals surface area contributed by atoms with Crippen LogP contribution in [0, 0.1) is 0 Å². The third kappa shape index (κ3) is 4.64.